The van der Waals surface area contributed by atoms with Crippen LogP contribution in [-0.2, 0) is 32.0 Å². The van der Waals surface area contributed by atoms with Crippen molar-refractivity contribution in [3.05, 3.63) is 34.3 Å². The molecule has 1 aliphatic heterocycles. The average molecular weight is 479 g/mol. The molecule has 1 saturated heterocycles. The number of carbonyl (C=O) groups excluding carboxylic acids is 3. The Kier molecular flexibility index (Phi) is 8.40. The summed E-state index contributed by atoms with van der Waals surface area (Å²) in [6.07, 6.45) is 3.25. The van der Waals surface area contributed by atoms with Crippen molar-refractivity contribution in [3.63, 3.8) is 0 Å². The van der Waals surface area contributed by atoms with Gasteiger partial charge in [-0.3, -0.25) is 9.59 Å². The minimum atomic E-state index is -0.865. The molecule has 8 heteroatoms. The average Bonchev–Trinajstić information content (AvgIpc) is 3.58. The van der Waals surface area contributed by atoms with Crippen LogP contribution in [0.1, 0.15) is 57.6 Å². The largest absolute Gasteiger partial charge is 0.444 e. The molecular formula is C25H35ClN2O5. The topological polar surface area (TPSA) is 76.2 Å². The normalized spacial score (nSPS) is 18.9. The fourth-order valence-electron chi connectivity index (χ4n) is 4.02. The first kappa shape index (κ1) is 25.5. The molecule has 182 valence electrons. The SMILES string of the molecule is COCCCc1ccc(Cl)c(CN(C(=O)C2CN(C(=O)OC(C)(C)C)CCC2=O)C2CC2)c1. The monoisotopic (exact) mass is 478 g/mol. The number of ether oxygens (including phenoxy) is 2. The lowest BCUT2D eigenvalue weighted by molar-refractivity contribution is -0.144. The van der Waals surface area contributed by atoms with Crippen molar-refractivity contribution in [2.24, 2.45) is 5.92 Å². The maximum absolute atomic E-state index is 13.5. The van der Waals surface area contributed by atoms with E-state index in [9.17, 15) is 14.4 Å². The molecule has 3 rings (SSSR count). The molecule has 1 heterocycles. The molecule has 2 amide bonds. The second-order valence-corrected chi connectivity index (χ2v) is 10.3. The van der Waals surface area contributed by atoms with Gasteiger partial charge in [-0.1, -0.05) is 23.7 Å². The van der Waals surface area contributed by atoms with Crippen LogP contribution in [0.25, 0.3) is 0 Å². The molecule has 1 aliphatic carbocycles. The van der Waals surface area contributed by atoms with Crippen LogP contribution < -0.4 is 0 Å². The summed E-state index contributed by atoms with van der Waals surface area (Å²) in [6.45, 7) is 6.76. The Balaban J connectivity index is 1.73. The highest BCUT2D eigenvalue weighted by molar-refractivity contribution is 6.31. The third kappa shape index (κ3) is 7.18. The summed E-state index contributed by atoms with van der Waals surface area (Å²) < 4.78 is 10.6. The summed E-state index contributed by atoms with van der Waals surface area (Å²) in [5, 5.41) is 0.606. The number of aryl methyl sites for hydroxylation is 1. The number of nitrogens with zero attached hydrogens (tertiary/aromatic N) is 2. The lowest BCUT2D eigenvalue weighted by Crippen LogP contribution is -2.52. The van der Waals surface area contributed by atoms with Crippen LogP contribution in [0.4, 0.5) is 4.79 Å². The molecule has 2 fully saturated rings. The second kappa shape index (κ2) is 10.9. The summed E-state index contributed by atoms with van der Waals surface area (Å²) in [7, 11) is 1.68. The molecule has 7 nitrogen and oxygen atoms in total. The minimum Gasteiger partial charge on any atom is -0.444 e. The zero-order chi connectivity index (χ0) is 24.2. The summed E-state index contributed by atoms with van der Waals surface area (Å²) in [4.78, 5) is 42.0. The first-order valence-corrected chi connectivity index (χ1v) is 12.0. The van der Waals surface area contributed by atoms with Crippen molar-refractivity contribution in [2.75, 3.05) is 26.8 Å². The van der Waals surface area contributed by atoms with Gasteiger partial charge in [0.1, 0.15) is 17.3 Å². The van der Waals surface area contributed by atoms with Crippen molar-refractivity contribution >= 4 is 29.4 Å². The Hall–Kier alpha value is -2.12. The molecule has 33 heavy (non-hydrogen) atoms. The van der Waals surface area contributed by atoms with Crippen molar-refractivity contribution in [1.29, 1.82) is 0 Å². The number of hydrogen-bond acceptors (Lipinski definition) is 5. The van der Waals surface area contributed by atoms with E-state index in [-0.39, 0.29) is 37.2 Å². The first-order chi connectivity index (χ1) is 15.6. The van der Waals surface area contributed by atoms with E-state index in [2.05, 4.69) is 0 Å². The van der Waals surface area contributed by atoms with Crippen molar-refractivity contribution in [2.45, 2.75) is 71.1 Å². The number of likely N-dealkylation sites (tertiary alicyclic amines) is 1. The third-order valence-electron chi connectivity index (χ3n) is 5.90. The molecule has 1 saturated carbocycles. The summed E-state index contributed by atoms with van der Waals surface area (Å²) in [6, 6.07) is 6.00. The van der Waals surface area contributed by atoms with E-state index >= 15 is 0 Å². The predicted molar refractivity (Wildman–Crippen MR) is 126 cm³/mol. The number of rotatable bonds is 8. The number of amides is 2. The van der Waals surface area contributed by atoms with Crippen LogP contribution >= 0.6 is 11.6 Å². The lowest BCUT2D eigenvalue weighted by atomic mass is 9.94. The number of Topliss-reactive ketones (excluding diaryl/α,β-unsaturated/α-hetero) is 1. The van der Waals surface area contributed by atoms with Gasteiger partial charge in [-0.15, -0.1) is 0 Å². The molecule has 1 aromatic carbocycles. The first-order valence-electron chi connectivity index (χ1n) is 11.7. The number of methoxy groups -OCH3 is 1. The minimum absolute atomic E-state index is 0.0561. The number of hydrogen-bond donors (Lipinski definition) is 0. The van der Waals surface area contributed by atoms with Gasteiger partial charge in [-0.25, -0.2) is 4.79 Å². The molecule has 1 unspecified atom stereocenters. The molecule has 0 spiro atoms. The van der Waals surface area contributed by atoms with E-state index < -0.39 is 17.6 Å². The Bertz CT molecular complexity index is 878. The van der Waals surface area contributed by atoms with Crippen molar-refractivity contribution in [1.82, 2.24) is 9.80 Å². The molecule has 1 atom stereocenters. The number of ketones is 1. The zero-order valence-electron chi connectivity index (χ0n) is 20.1. The third-order valence-corrected chi connectivity index (χ3v) is 6.27. The van der Waals surface area contributed by atoms with Gasteiger partial charge in [0.2, 0.25) is 5.91 Å². The molecule has 0 radical (unpaired) electrons. The Morgan fingerprint density at radius 3 is 2.61 bits per heavy atom. The van der Waals surface area contributed by atoms with E-state index in [0.29, 0.717) is 18.2 Å². The van der Waals surface area contributed by atoms with Crippen LogP contribution in [0.5, 0.6) is 0 Å². The highest BCUT2D eigenvalue weighted by Crippen LogP contribution is 2.32. The highest BCUT2D eigenvalue weighted by atomic mass is 35.5. The zero-order valence-corrected chi connectivity index (χ0v) is 20.8. The van der Waals surface area contributed by atoms with Gasteiger partial charge in [0, 0.05) is 50.8 Å². The molecule has 0 N–H and O–H groups in total. The van der Waals surface area contributed by atoms with E-state index in [0.717, 1.165) is 36.8 Å². The van der Waals surface area contributed by atoms with Crippen molar-refractivity contribution in [3.8, 4) is 0 Å². The van der Waals surface area contributed by atoms with Crippen molar-refractivity contribution < 1.29 is 23.9 Å². The molecular weight excluding hydrogens is 444 g/mol. The Morgan fingerprint density at radius 1 is 1.24 bits per heavy atom. The number of carbonyl (C=O) groups is 3. The Labute approximate surface area is 201 Å². The number of halogens is 1. The number of piperidine rings is 1. The fraction of sp³-hybridized carbons (Fsp3) is 0.640. The van der Waals surface area contributed by atoms with E-state index in [1.54, 1.807) is 32.8 Å². The summed E-state index contributed by atoms with van der Waals surface area (Å²) in [5.74, 6) is -1.21. The van der Waals surface area contributed by atoms with Gasteiger partial charge in [-0.05, 0) is 63.6 Å². The van der Waals surface area contributed by atoms with Gasteiger partial charge in [0.25, 0.3) is 0 Å². The van der Waals surface area contributed by atoms with E-state index in [1.807, 2.05) is 18.2 Å². The van der Waals surface area contributed by atoms with Crippen LogP contribution in [0, 0.1) is 5.92 Å². The lowest BCUT2D eigenvalue weighted by Gasteiger charge is -2.35. The van der Waals surface area contributed by atoms with Gasteiger partial charge in [-0.2, -0.15) is 0 Å². The Morgan fingerprint density at radius 2 is 1.97 bits per heavy atom. The van der Waals surface area contributed by atoms with E-state index in [1.165, 1.54) is 4.90 Å². The second-order valence-electron chi connectivity index (χ2n) is 9.91. The number of benzene rings is 1. The van der Waals surface area contributed by atoms with Gasteiger partial charge < -0.3 is 19.3 Å². The van der Waals surface area contributed by atoms with Crippen LogP contribution in [0.2, 0.25) is 5.02 Å². The standard InChI is InChI=1S/C25H35ClN2O5/c1-25(2,3)33-24(31)27-12-11-22(29)20(16-27)23(30)28(19-8-9-19)15-18-14-17(6-5-13-32-4)7-10-21(18)26/h7,10,14,19-20H,5-6,8-9,11-13,15-16H2,1-4H3. The van der Waals surface area contributed by atoms with E-state index in [4.69, 9.17) is 21.1 Å². The smallest absolute Gasteiger partial charge is 0.410 e. The molecule has 2 aliphatic rings. The van der Waals surface area contributed by atoms with Gasteiger partial charge in [0.05, 0.1) is 0 Å². The summed E-state index contributed by atoms with van der Waals surface area (Å²) in [5.41, 5.74) is 1.38. The van der Waals surface area contributed by atoms with Gasteiger partial charge >= 0.3 is 6.09 Å². The maximum atomic E-state index is 13.5. The molecule has 0 bridgehead atoms. The van der Waals surface area contributed by atoms with Crippen LogP contribution in [-0.4, -0.2) is 66.0 Å². The highest BCUT2D eigenvalue weighted by Gasteiger charge is 2.42. The van der Waals surface area contributed by atoms with Gasteiger partial charge in [0.15, 0.2) is 0 Å². The predicted octanol–water partition coefficient (Wildman–Crippen LogP) is 4.24. The quantitative estimate of drug-likeness (QED) is 0.412. The van der Waals surface area contributed by atoms with Crippen LogP contribution in [0.3, 0.4) is 0 Å². The maximum Gasteiger partial charge on any atom is 0.410 e. The summed E-state index contributed by atoms with van der Waals surface area (Å²) >= 11 is 6.47. The van der Waals surface area contributed by atoms with Crippen LogP contribution in [0.15, 0.2) is 18.2 Å². The molecule has 0 aromatic heterocycles. The molecule has 1 aromatic rings. The fourth-order valence-corrected chi connectivity index (χ4v) is 4.20.